The summed E-state index contributed by atoms with van der Waals surface area (Å²) in [6.45, 7) is 0. The maximum atomic E-state index is 12.9. The number of hydrogen-bond donors (Lipinski definition) is 1. The number of carboxylic acid groups (broad SMARTS) is 1. The minimum absolute atomic E-state index is 0.365. The average Bonchev–Trinajstić information content (AvgIpc) is 2.06. The molecule has 0 aromatic heterocycles. The van der Waals surface area contributed by atoms with Crippen molar-refractivity contribution in [3.63, 3.8) is 0 Å². The van der Waals surface area contributed by atoms with E-state index in [0.717, 1.165) is 6.07 Å². The highest BCUT2D eigenvalue weighted by Crippen LogP contribution is 2.23. The Morgan fingerprint density at radius 1 is 1.33 bits per heavy atom. The lowest BCUT2D eigenvalue weighted by molar-refractivity contribution is -0.127. The minimum atomic E-state index is -4.56. The van der Waals surface area contributed by atoms with Crippen molar-refractivity contribution < 1.29 is 27.5 Å². The number of rotatable bonds is 2. The molecule has 0 spiro atoms. The van der Waals surface area contributed by atoms with Gasteiger partial charge in [0.05, 0.1) is 12.0 Å². The maximum absolute atomic E-state index is 12.9. The van der Waals surface area contributed by atoms with Crippen LogP contribution >= 0.6 is 0 Å². The number of hydrogen-bond acceptors (Lipinski definition) is 1. The zero-order valence-electron chi connectivity index (χ0n) is 7.31. The molecule has 2 nitrogen and oxygen atoms in total. The summed E-state index contributed by atoms with van der Waals surface area (Å²) in [7, 11) is 0. The zero-order valence-corrected chi connectivity index (χ0v) is 7.31. The van der Waals surface area contributed by atoms with Crippen LogP contribution in [0.5, 0.6) is 0 Å². The van der Waals surface area contributed by atoms with Gasteiger partial charge in [-0.15, -0.1) is 0 Å². The van der Waals surface area contributed by atoms with E-state index in [1.165, 1.54) is 0 Å². The van der Waals surface area contributed by atoms with Crippen LogP contribution < -0.4 is 0 Å². The van der Waals surface area contributed by atoms with Gasteiger partial charge in [-0.1, -0.05) is 0 Å². The Bertz CT molecular complexity index is 384. The van der Waals surface area contributed by atoms with Crippen molar-refractivity contribution in [2.75, 3.05) is 0 Å². The molecular weight excluding hydrogens is 216 g/mol. The van der Waals surface area contributed by atoms with Crippen molar-refractivity contribution in [1.82, 2.24) is 0 Å². The van der Waals surface area contributed by atoms with Gasteiger partial charge < -0.3 is 5.11 Å². The summed E-state index contributed by atoms with van der Waals surface area (Å²) in [5, 5.41) is 8.49. The van der Waals surface area contributed by atoms with Crippen LogP contribution in [-0.2, 0) is 6.42 Å². The minimum Gasteiger partial charge on any atom is -0.478 e. The fourth-order valence-electron chi connectivity index (χ4n) is 1.06. The molecule has 0 aliphatic carbocycles. The summed E-state index contributed by atoms with van der Waals surface area (Å²) in [6.07, 6.45) is -6.03. The molecule has 0 unspecified atom stereocenters. The van der Waals surface area contributed by atoms with Crippen molar-refractivity contribution in [2.24, 2.45) is 0 Å². The van der Waals surface area contributed by atoms with E-state index in [1.807, 2.05) is 0 Å². The van der Waals surface area contributed by atoms with Crippen LogP contribution in [0.25, 0.3) is 0 Å². The van der Waals surface area contributed by atoms with Gasteiger partial charge in [0.15, 0.2) is 0 Å². The Balaban J connectivity index is 3.06. The van der Waals surface area contributed by atoms with E-state index < -0.39 is 29.9 Å². The molecule has 0 fully saturated rings. The Labute approximate surface area is 82.1 Å². The van der Waals surface area contributed by atoms with Gasteiger partial charge in [-0.2, -0.15) is 13.2 Å². The molecule has 0 heterocycles. The predicted molar refractivity (Wildman–Crippen MR) is 43.1 cm³/mol. The molecule has 0 aliphatic heterocycles. The fraction of sp³-hybridized carbons (Fsp3) is 0.222. The summed E-state index contributed by atoms with van der Waals surface area (Å²) < 4.78 is 48.7. The molecule has 15 heavy (non-hydrogen) atoms. The molecule has 0 amide bonds. The smallest absolute Gasteiger partial charge is 0.393 e. The van der Waals surface area contributed by atoms with Crippen LogP contribution in [-0.4, -0.2) is 17.3 Å². The summed E-state index contributed by atoms with van der Waals surface area (Å²) in [5.74, 6) is -2.45. The number of alkyl halides is 3. The zero-order chi connectivity index (χ0) is 11.6. The number of benzene rings is 1. The topological polar surface area (TPSA) is 37.3 Å². The lowest BCUT2D eigenvalue weighted by Crippen LogP contribution is -2.13. The second-order valence-electron chi connectivity index (χ2n) is 2.90. The quantitative estimate of drug-likeness (QED) is 0.781. The Kier molecular flexibility index (Phi) is 2.97. The second-order valence-corrected chi connectivity index (χ2v) is 2.90. The van der Waals surface area contributed by atoms with Crippen LogP contribution in [0.3, 0.4) is 0 Å². The largest absolute Gasteiger partial charge is 0.478 e. The third-order valence-corrected chi connectivity index (χ3v) is 1.68. The Morgan fingerprint density at radius 2 is 1.93 bits per heavy atom. The van der Waals surface area contributed by atoms with Crippen LogP contribution in [0, 0.1) is 5.82 Å². The van der Waals surface area contributed by atoms with E-state index in [9.17, 15) is 22.4 Å². The molecule has 0 atom stereocenters. The number of halogens is 4. The second kappa shape index (κ2) is 3.88. The highest BCUT2D eigenvalue weighted by molar-refractivity contribution is 5.87. The first-order valence-corrected chi connectivity index (χ1v) is 3.88. The average molecular weight is 222 g/mol. The van der Waals surface area contributed by atoms with Gasteiger partial charge in [0, 0.05) is 0 Å². The molecule has 1 aromatic carbocycles. The molecule has 82 valence electrons. The third-order valence-electron chi connectivity index (χ3n) is 1.68. The number of carboxylic acids is 1. The summed E-state index contributed by atoms with van der Waals surface area (Å²) in [6, 6.07) is 2.31. The molecule has 0 bridgehead atoms. The van der Waals surface area contributed by atoms with Gasteiger partial charge in [0.25, 0.3) is 0 Å². The fourth-order valence-corrected chi connectivity index (χ4v) is 1.06. The SMILES string of the molecule is O=C(O)c1ccc(F)c(CC(F)(F)F)c1. The summed E-state index contributed by atoms with van der Waals surface area (Å²) >= 11 is 0. The standard InChI is InChI=1S/C9H6F4O2/c10-7-2-1-5(8(14)15)3-6(7)4-9(11,12)13/h1-3H,4H2,(H,14,15). The van der Waals surface area contributed by atoms with Crippen molar-refractivity contribution in [2.45, 2.75) is 12.6 Å². The first-order valence-electron chi connectivity index (χ1n) is 3.88. The van der Waals surface area contributed by atoms with Crippen LogP contribution in [0.2, 0.25) is 0 Å². The molecule has 1 N–H and O–H groups in total. The third kappa shape index (κ3) is 3.23. The summed E-state index contributed by atoms with van der Waals surface area (Å²) in [4.78, 5) is 10.4. The monoisotopic (exact) mass is 222 g/mol. The van der Waals surface area contributed by atoms with E-state index in [0.29, 0.717) is 12.1 Å². The molecule has 1 aromatic rings. The van der Waals surface area contributed by atoms with Crippen LogP contribution in [0.4, 0.5) is 17.6 Å². The van der Waals surface area contributed by atoms with E-state index in [4.69, 9.17) is 5.11 Å². The highest BCUT2D eigenvalue weighted by Gasteiger charge is 2.29. The van der Waals surface area contributed by atoms with Gasteiger partial charge in [0.1, 0.15) is 5.82 Å². The number of aromatic carboxylic acids is 1. The van der Waals surface area contributed by atoms with E-state index >= 15 is 0 Å². The Hall–Kier alpha value is -1.59. The van der Waals surface area contributed by atoms with Gasteiger partial charge in [-0.3, -0.25) is 0 Å². The first kappa shape index (κ1) is 11.5. The van der Waals surface area contributed by atoms with Crippen molar-refractivity contribution in [3.05, 3.63) is 35.1 Å². The van der Waals surface area contributed by atoms with E-state index in [2.05, 4.69) is 0 Å². The molecule has 1 rings (SSSR count). The summed E-state index contributed by atoms with van der Waals surface area (Å²) in [5.41, 5.74) is -1.03. The van der Waals surface area contributed by atoms with Crippen molar-refractivity contribution >= 4 is 5.97 Å². The predicted octanol–water partition coefficient (Wildman–Crippen LogP) is 2.63. The number of carbonyl (C=O) groups is 1. The highest BCUT2D eigenvalue weighted by atomic mass is 19.4. The van der Waals surface area contributed by atoms with Crippen LogP contribution in [0.15, 0.2) is 18.2 Å². The molecular formula is C9H6F4O2. The maximum Gasteiger partial charge on any atom is 0.393 e. The van der Waals surface area contributed by atoms with Gasteiger partial charge >= 0.3 is 12.1 Å². The van der Waals surface area contributed by atoms with Crippen molar-refractivity contribution in [3.8, 4) is 0 Å². The van der Waals surface area contributed by atoms with E-state index in [1.54, 1.807) is 0 Å². The normalized spacial score (nSPS) is 11.5. The molecule has 0 aliphatic rings. The van der Waals surface area contributed by atoms with Crippen LogP contribution in [0.1, 0.15) is 15.9 Å². The van der Waals surface area contributed by atoms with Gasteiger partial charge in [-0.05, 0) is 23.8 Å². The van der Waals surface area contributed by atoms with Gasteiger partial charge in [0.2, 0.25) is 0 Å². The molecule has 6 heteroatoms. The van der Waals surface area contributed by atoms with Crippen molar-refractivity contribution in [1.29, 1.82) is 0 Å². The van der Waals surface area contributed by atoms with E-state index in [-0.39, 0.29) is 5.56 Å². The molecule has 0 radical (unpaired) electrons. The molecule has 0 saturated heterocycles. The lowest BCUT2D eigenvalue weighted by atomic mass is 10.1. The first-order chi connectivity index (χ1) is 6.79. The Morgan fingerprint density at radius 3 is 2.40 bits per heavy atom. The lowest BCUT2D eigenvalue weighted by Gasteiger charge is -2.07. The molecule has 0 saturated carbocycles. The van der Waals surface area contributed by atoms with Gasteiger partial charge in [-0.25, -0.2) is 9.18 Å².